The van der Waals surface area contributed by atoms with Gasteiger partial charge in [0.05, 0.1) is 5.56 Å². The molecule has 0 aliphatic heterocycles. The van der Waals surface area contributed by atoms with Gasteiger partial charge >= 0.3 is 6.18 Å². The van der Waals surface area contributed by atoms with Crippen LogP contribution in [0.4, 0.5) is 13.2 Å². The summed E-state index contributed by atoms with van der Waals surface area (Å²) >= 11 is 5.96. The van der Waals surface area contributed by atoms with Crippen LogP contribution in [0.15, 0.2) is 24.3 Å². The Morgan fingerprint density at radius 2 is 1.67 bits per heavy atom. The van der Waals surface area contributed by atoms with E-state index in [2.05, 4.69) is 0 Å². The molecule has 2 unspecified atom stereocenters. The average Bonchev–Trinajstić information content (AvgIpc) is 2.15. The minimum Gasteiger partial charge on any atom is -0.166 e. The molecule has 82 valence electrons. The molecule has 1 aliphatic rings. The summed E-state index contributed by atoms with van der Waals surface area (Å²) in [5.41, 5.74) is 0.311. The lowest BCUT2D eigenvalue weighted by Crippen LogP contribution is -2.23. The van der Waals surface area contributed by atoms with Crippen LogP contribution in [0.1, 0.15) is 29.9 Å². The van der Waals surface area contributed by atoms with Gasteiger partial charge in [-0.2, -0.15) is 13.2 Å². The van der Waals surface area contributed by atoms with E-state index in [1.165, 1.54) is 12.1 Å². The van der Waals surface area contributed by atoms with Crippen molar-refractivity contribution in [2.45, 2.75) is 30.3 Å². The number of hydrogen-bond acceptors (Lipinski definition) is 0. The molecule has 4 heteroatoms. The second kappa shape index (κ2) is 3.71. The number of benzene rings is 1. The lowest BCUT2D eigenvalue weighted by molar-refractivity contribution is -0.137. The Labute approximate surface area is 91.1 Å². The van der Waals surface area contributed by atoms with E-state index in [0.29, 0.717) is 0 Å². The Morgan fingerprint density at radius 1 is 1.07 bits per heavy atom. The van der Waals surface area contributed by atoms with Gasteiger partial charge in [0.1, 0.15) is 0 Å². The first-order chi connectivity index (χ1) is 6.98. The summed E-state index contributed by atoms with van der Waals surface area (Å²) in [5.74, 6) is 0.231. The maximum atomic E-state index is 12.3. The molecule has 0 nitrogen and oxygen atoms in total. The molecule has 1 fully saturated rings. The molecular weight excluding hydrogens is 225 g/mol. The van der Waals surface area contributed by atoms with Crippen molar-refractivity contribution in [3.05, 3.63) is 35.4 Å². The summed E-state index contributed by atoms with van der Waals surface area (Å²) in [7, 11) is 0. The van der Waals surface area contributed by atoms with E-state index in [-0.39, 0.29) is 11.3 Å². The molecule has 2 atom stereocenters. The van der Waals surface area contributed by atoms with Crippen LogP contribution in [0.5, 0.6) is 0 Å². The van der Waals surface area contributed by atoms with Gasteiger partial charge in [-0.05, 0) is 30.5 Å². The molecule has 2 rings (SSSR count). The molecule has 1 aromatic carbocycles. The Hall–Kier alpha value is -0.700. The van der Waals surface area contributed by atoms with Crippen LogP contribution in [0.25, 0.3) is 0 Å². The predicted molar refractivity (Wildman–Crippen MR) is 53.1 cm³/mol. The van der Waals surface area contributed by atoms with Crippen molar-refractivity contribution in [3.63, 3.8) is 0 Å². The smallest absolute Gasteiger partial charge is 0.166 e. The van der Waals surface area contributed by atoms with Crippen molar-refractivity contribution in [2.24, 2.45) is 0 Å². The quantitative estimate of drug-likeness (QED) is 0.639. The predicted octanol–water partition coefficient (Wildman–Crippen LogP) is 4.19. The van der Waals surface area contributed by atoms with Gasteiger partial charge in [0.25, 0.3) is 0 Å². The van der Waals surface area contributed by atoms with Crippen molar-refractivity contribution in [1.82, 2.24) is 0 Å². The molecular formula is C11H10ClF3. The Morgan fingerprint density at radius 3 is 2.00 bits per heavy atom. The highest BCUT2D eigenvalue weighted by Gasteiger charge is 2.33. The van der Waals surface area contributed by atoms with Gasteiger partial charge in [0, 0.05) is 11.3 Å². The van der Waals surface area contributed by atoms with Crippen molar-refractivity contribution in [1.29, 1.82) is 0 Å². The summed E-state index contributed by atoms with van der Waals surface area (Å²) in [6.45, 7) is 0. The minimum atomic E-state index is -4.25. The van der Waals surface area contributed by atoms with Gasteiger partial charge in [-0.15, -0.1) is 11.6 Å². The van der Waals surface area contributed by atoms with E-state index in [0.717, 1.165) is 30.5 Å². The van der Waals surface area contributed by atoms with E-state index in [1.807, 2.05) is 0 Å². The summed E-state index contributed by atoms with van der Waals surface area (Å²) < 4.78 is 36.8. The van der Waals surface area contributed by atoms with E-state index < -0.39 is 11.7 Å². The Balaban J connectivity index is 2.17. The number of rotatable bonds is 1. The zero-order chi connectivity index (χ0) is 11.1. The molecule has 1 aromatic rings. The molecule has 15 heavy (non-hydrogen) atoms. The SMILES string of the molecule is FC(F)(F)c1ccc(C2CCC2Cl)cc1. The van der Waals surface area contributed by atoms with Gasteiger partial charge in [-0.1, -0.05) is 12.1 Å². The Kier molecular flexibility index (Phi) is 2.67. The van der Waals surface area contributed by atoms with Gasteiger partial charge < -0.3 is 0 Å². The van der Waals surface area contributed by atoms with E-state index in [4.69, 9.17) is 11.6 Å². The lowest BCUT2D eigenvalue weighted by atomic mass is 9.79. The second-order valence-corrected chi connectivity index (χ2v) is 4.38. The fourth-order valence-electron chi connectivity index (χ4n) is 1.75. The van der Waals surface area contributed by atoms with Crippen molar-refractivity contribution in [3.8, 4) is 0 Å². The third-order valence-corrected chi connectivity index (χ3v) is 3.38. The lowest BCUT2D eigenvalue weighted by Gasteiger charge is -2.32. The maximum Gasteiger partial charge on any atom is 0.416 e. The number of alkyl halides is 4. The van der Waals surface area contributed by atoms with E-state index in [1.54, 1.807) is 0 Å². The third kappa shape index (κ3) is 2.12. The monoisotopic (exact) mass is 234 g/mol. The van der Waals surface area contributed by atoms with Crippen molar-refractivity contribution >= 4 is 11.6 Å². The molecule has 0 saturated heterocycles. The van der Waals surface area contributed by atoms with Crippen LogP contribution in [-0.4, -0.2) is 5.38 Å². The molecule has 0 bridgehead atoms. The highest BCUT2D eigenvalue weighted by Crippen LogP contribution is 2.41. The largest absolute Gasteiger partial charge is 0.416 e. The third-order valence-electron chi connectivity index (χ3n) is 2.86. The van der Waals surface area contributed by atoms with Crippen LogP contribution in [-0.2, 0) is 6.18 Å². The highest BCUT2D eigenvalue weighted by atomic mass is 35.5. The Bertz CT molecular complexity index is 342. The standard InChI is InChI=1S/C11H10ClF3/c12-10-6-5-9(10)7-1-3-8(4-2-7)11(13,14)15/h1-4,9-10H,5-6H2. The topological polar surface area (TPSA) is 0 Å². The van der Waals surface area contributed by atoms with Crippen LogP contribution < -0.4 is 0 Å². The zero-order valence-corrected chi connectivity index (χ0v) is 8.65. The summed E-state index contributed by atoms with van der Waals surface area (Å²) in [4.78, 5) is 0. The van der Waals surface area contributed by atoms with Crippen LogP contribution in [0.3, 0.4) is 0 Å². The van der Waals surface area contributed by atoms with E-state index >= 15 is 0 Å². The molecule has 0 radical (unpaired) electrons. The molecule has 0 aromatic heterocycles. The summed E-state index contributed by atoms with van der Waals surface area (Å²) in [6.07, 6.45) is -2.33. The number of halogens is 4. The van der Waals surface area contributed by atoms with Crippen LogP contribution in [0.2, 0.25) is 0 Å². The van der Waals surface area contributed by atoms with Crippen LogP contribution in [0, 0.1) is 0 Å². The van der Waals surface area contributed by atoms with Gasteiger partial charge in [-0.25, -0.2) is 0 Å². The van der Waals surface area contributed by atoms with Crippen molar-refractivity contribution in [2.75, 3.05) is 0 Å². The zero-order valence-electron chi connectivity index (χ0n) is 7.89. The van der Waals surface area contributed by atoms with Gasteiger partial charge in [-0.3, -0.25) is 0 Å². The van der Waals surface area contributed by atoms with Gasteiger partial charge in [0.2, 0.25) is 0 Å². The highest BCUT2D eigenvalue weighted by molar-refractivity contribution is 6.21. The number of hydrogen-bond donors (Lipinski definition) is 0. The first-order valence-electron chi connectivity index (χ1n) is 4.80. The van der Waals surface area contributed by atoms with Gasteiger partial charge in [0.15, 0.2) is 0 Å². The molecule has 1 saturated carbocycles. The van der Waals surface area contributed by atoms with Crippen molar-refractivity contribution < 1.29 is 13.2 Å². The minimum absolute atomic E-state index is 0.0849. The van der Waals surface area contributed by atoms with Crippen LogP contribution >= 0.6 is 11.6 Å². The fourth-order valence-corrected chi connectivity index (χ4v) is 2.15. The first kappa shape index (κ1) is 10.8. The fraction of sp³-hybridized carbons (Fsp3) is 0.455. The molecule has 0 spiro atoms. The maximum absolute atomic E-state index is 12.3. The summed E-state index contributed by atoms with van der Waals surface area (Å²) in [5, 5.41) is 0.0849. The molecule has 0 N–H and O–H groups in total. The molecule has 0 amide bonds. The molecule has 1 aliphatic carbocycles. The second-order valence-electron chi connectivity index (χ2n) is 3.82. The normalized spacial score (nSPS) is 26.1. The molecule has 0 heterocycles. The first-order valence-corrected chi connectivity index (χ1v) is 5.23. The average molecular weight is 235 g/mol. The summed E-state index contributed by atoms with van der Waals surface area (Å²) in [6, 6.07) is 5.30. The van der Waals surface area contributed by atoms with E-state index in [9.17, 15) is 13.2 Å².